The molecular formula is C68H44O. The van der Waals surface area contributed by atoms with Crippen molar-refractivity contribution in [3.63, 3.8) is 0 Å². The molecule has 1 heteroatoms. The first-order valence-corrected chi connectivity index (χ1v) is 23.8. The van der Waals surface area contributed by atoms with Gasteiger partial charge in [0, 0.05) is 21.9 Å². The highest BCUT2D eigenvalue weighted by Gasteiger charge is 2.21. The average molecular weight is 877 g/mol. The van der Waals surface area contributed by atoms with Gasteiger partial charge in [-0.15, -0.1) is 0 Å². The van der Waals surface area contributed by atoms with E-state index in [2.05, 4.69) is 255 Å². The van der Waals surface area contributed by atoms with Gasteiger partial charge in [0.1, 0.15) is 11.2 Å². The van der Waals surface area contributed by atoms with Crippen molar-refractivity contribution >= 4 is 75.8 Å². The van der Waals surface area contributed by atoms with Crippen molar-refractivity contribution in [2.24, 2.45) is 0 Å². The molecule has 1 aromatic heterocycles. The van der Waals surface area contributed by atoms with Gasteiger partial charge in [-0.2, -0.15) is 0 Å². The standard InChI is InChI=1S/C36H24.C32H20O/c1-3-13-25(14-4-1)27-23-24-34(29-18-8-7-17-28(27)29)36-32-21-11-9-19-30(32)35(26-15-5-2-6-16-26)31-20-10-12-22-33(31)36;1-2-11-21(12-3-1)30-23-14-4-6-16-25(23)31(26-17-7-5-15-24(26)30)28-19-10-18-27-22-13-8-9-20-29(22)33-32(27)28/h1-24H;1-20H. The van der Waals surface area contributed by atoms with Crippen LogP contribution in [0.4, 0.5) is 0 Å². The summed E-state index contributed by atoms with van der Waals surface area (Å²) < 4.78 is 6.45. The second-order valence-electron chi connectivity index (χ2n) is 17.8. The summed E-state index contributed by atoms with van der Waals surface area (Å²) in [4.78, 5) is 0. The average Bonchev–Trinajstić information content (AvgIpc) is 3.82. The van der Waals surface area contributed by atoms with E-state index in [1.54, 1.807) is 0 Å². The van der Waals surface area contributed by atoms with Crippen LogP contribution in [0.15, 0.2) is 271 Å². The smallest absolute Gasteiger partial charge is 0.143 e. The van der Waals surface area contributed by atoms with Crippen molar-refractivity contribution in [2.45, 2.75) is 0 Å². The van der Waals surface area contributed by atoms with E-state index in [0.717, 1.165) is 27.5 Å². The van der Waals surface area contributed by atoms with Crippen LogP contribution >= 0.6 is 0 Å². The fourth-order valence-corrected chi connectivity index (χ4v) is 11.0. The molecule has 0 amide bonds. The third-order valence-electron chi connectivity index (χ3n) is 13.9. The lowest BCUT2D eigenvalue weighted by molar-refractivity contribution is 0.670. The van der Waals surface area contributed by atoms with Crippen LogP contribution in [0.5, 0.6) is 0 Å². The first-order chi connectivity index (χ1) is 34.3. The highest BCUT2D eigenvalue weighted by Crippen LogP contribution is 2.48. The third-order valence-corrected chi connectivity index (χ3v) is 13.9. The summed E-state index contributed by atoms with van der Waals surface area (Å²) in [5, 5.41) is 15.0. The maximum absolute atomic E-state index is 6.45. The van der Waals surface area contributed by atoms with Gasteiger partial charge in [0.25, 0.3) is 0 Å². The van der Waals surface area contributed by atoms with E-state index in [4.69, 9.17) is 4.42 Å². The minimum atomic E-state index is 0.925. The molecule has 14 rings (SSSR count). The predicted octanol–water partition coefficient (Wildman–Crippen LogP) is 19.4. The van der Waals surface area contributed by atoms with Crippen LogP contribution < -0.4 is 0 Å². The lowest BCUT2D eigenvalue weighted by atomic mass is 9.84. The molecular weight excluding hydrogens is 833 g/mol. The zero-order valence-corrected chi connectivity index (χ0v) is 37.8. The highest BCUT2D eigenvalue weighted by molar-refractivity contribution is 6.26. The molecule has 0 atom stereocenters. The van der Waals surface area contributed by atoms with Gasteiger partial charge in [0.2, 0.25) is 0 Å². The molecule has 322 valence electrons. The Morgan fingerprint density at radius 1 is 0.174 bits per heavy atom. The first-order valence-electron chi connectivity index (χ1n) is 23.8. The second kappa shape index (κ2) is 17.0. The number of hydrogen-bond donors (Lipinski definition) is 0. The van der Waals surface area contributed by atoms with Crippen molar-refractivity contribution < 1.29 is 4.42 Å². The number of rotatable bonds is 5. The van der Waals surface area contributed by atoms with Gasteiger partial charge in [-0.25, -0.2) is 0 Å². The summed E-state index contributed by atoms with van der Waals surface area (Å²) >= 11 is 0. The van der Waals surface area contributed by atoms with Crippen molar-refractivity contribution in [1.29, 1.82) is 0 Å². The molecule has 0 radical (unpaired) electrons. The van der Waals surface area contributed by atoms with Gasteiger partial charge < -0.3 is 4.42 Å². The van der Waals surface area contributed by atoms with Crippen LogP contribution in [0.3, 0.4) is 0 Å². The Morgan fingerprint density at radius 3 is 0.957 bits per heavy atom. The topological polar surface area (TPSA) is 13.1 Å². The van der Waals surface area contributed by atoms with Crippen molar-refractivity contribution in [3.8, 4) is 55.6 Å². The van der Waals surface area contributed by atoms with Crippen LogP contribution in [0.1, 0.15) is 0 Å². The maximum atomic E-state index is 6.45. The summed E-state index contributed by atoms with van der Waals surface area (Å²) in [6.45, 7) is 0. The lowest BCUT2D eigenvalue weighted by Gasteiger charge is -2.19. The molecule has 0 unspecified atom stereocenters. The minimum absolute atomic E-state index is 0.925. The molecule has 0 aliphatic rings. The number of hydrogen-bond acceptors (Lipinski definition) is 1. The van der Waals surface area contributed by atoms with Gasteiger partial charge in [0.15, 0.2) is 0 Å². The van der Waals surface area contributed by atoms with Gasteiger partial charge in [-0.1, -0.05) is 261 Å². The number of benzene rings is 13. The lowest BCUT2D eigenvalue weighted by Crippen LogP contribution is -1.92. The minimum Gasteiger partial charge on any atom is -0.455 e. The number of furan rings is 1. The Morgan fingerprint density at radius 2 is 0.493 bits per heavy atom. The Hall–Kier alpha value is -9.04. The molecule has 69 heavy (non-hydrogen) atoms. The van der Waals surface area contributed by atoms with Crippen LogP contribution in [0.25, 0.3) is 131 Å². The maximum Gasteiger partial charge on any atom is 0.143 e. The van der Waals surface area contributed by atoms with Gasteiger partial charge in [-0.05, 0) is 104 Å². The Balaban J connectivity index is 0.000000136. The Kier molecular flexibility index (Phi) is 9.91. The predicted molar refractivity (Wildman–Crippen MR) is 295 cm³/mol. The summed E-state index contributed by atoms with van der Waals surface area (Å²) in [6.07, 6.45) is 0. The first kappa shape index (κ1) is 40.3. The van der Waals surface area contributed by atoms with Crippen LogP contribution in [0.2, 0.25) is 0 Å². The van der Waals surface area contributed by atoms with E-state index in [1.165, 1.54) is 104 Å². The van der Waals surface area contributed by atoms with Crippen LogP contribution in [-0.4, -0.2) is 0 Å². The molecule has 0 aliphatic heterocycles. The monoisotopic (exact) mass is 876 g/mol. The van der Waals surface area contributed by atoms with E-state index in [9.17, 15) is 0 Å². The van der Waals surface area contributed by atoms with Crippen molar-refractivity contribution in [2.75, 3.05) is 0 Å². The summed E-state index contributed by atoms with van der Waals surface area (Å²) in [5.41, 5.74) is 14.4. The molecule has 0 fully saturated rings. The van der Waals surface area contributed by atoms with Gasteiger partial charge in [0.05, 0.1) is 0 Å². The molecule has 0 saturated heterocycles. The van der Waals surface area contributed by atoms with E-state index in [-0.39, 0.29) is 0 Å². The van der Waals surface area contributed by atoms with E-state index in [0.29, 0.717) is 0 Å². The number of para-hydroxylation sites is 2. The van der Waals surface area contributed by atoms with E-state index in [1.807, 2.05) is 12.1 Å². The van der Waals surface area contributed by atoms with E-state index < -0.39 is 0 Å². The largest absolute Gasteiger partial charge is 0.455 e. The summed E-state index contributed by atoms with van der Waals surface area (Å²) in [7, 11) is 0. The zero-order chi connectivity index (χ0) is 45.7. The van der Waals surface area contributed by atoms with Crippen LogP contribution in [0, 0.1) is 0 Å². The fraction of sp³-hybridized carbons (Fsp3) is 0. The fourth-order valence-electron chi connectivity index (χ4n) is 11.0. The third kappa shape index (κ3) is 6.78. The highest BCUT2D eigenvalue weighted by atomic mass is 16.3. The molecule has 1 heterocycles. The van der Waals surface area contributed by atoms with Gasteiger partial charge in [-0.3, -0.25) is 0 Å². The normalized spacial score (nSPS) is 11.5. The second-order valence-corrected chi connectivity index (χ2v) is 17.8. The molecule has 0 saturated carbocycles. The Bertz CT molecular complexity index is 4110. The van der Waals surface area contributed by atoms with Gasteiger partial charge >= 0.3 is 0 Å². The molecule has 0 spiro atoms. The quantitative estimate of drug-likeness (QED) is 0.157. The molecule has 14 aromatic rings. The summed E-state index contributed by atoms with van der Waals surface area (Å²) in [6, 6.07) is 95.7. The van der Waals surface area contributed by atoms with Crippen molar-refractivity contribution in [3.05, 3.63) is 267 Å². The molecule has 0 bridgehead atoms. The summed E-state index contributed by atoms with van der Waals surface area (Å²) in [5.74, 6) is 0. The Labute approximate surface area is 400 Å². The SMILES string of the molecule is c1ccc(-c2c3ccccc3c(-c3cccc4c3oc3ccccc34)c3ccccc23)cc1.c1ccc(-c2ccc(-c3c4ccccc4c(-c4ccccc4)c4ccccc34)c3ccccc23)cc1. The molecule has 1 nitrogen and oxygen atoms in total. The van der Waals surface area contributed by atoms with Crippen LogP contribution in [-0.2, 0) is 0 Å². The molecule has 0 N–H and O–H groups in total. The zero-order valence-electron chi connectivity index (χ0n) is 37.8. The molecule has 0 aliphatic carbocycles. The molecule has 13 aromatic carbocycles. The van der Waals surface area contributed by atoms with E-state index >= 15 is 0 Å². The number of fused-ring (bicyclic) bond motifs is 8. The van der Waals surface area contributed by atoms with Crippen molar-refractivity contribution in [1.82, 2.24) is 0 Å².